The lowest BCUT2D eigenvalue weighted by Crippen LogP contribution is -2.42. The van der Waals surface area contributed by atoms with Crippen molar-refractivity contribution >= 4 is 17.6 Å². The van der Waals surface area contributed by atoms with Crippen LogP contribution in [-0.2, 0) is 9.63 Å². The Morgan fingerprint density at radius 3 is 2.63 bits per heavy atom. The van der Waals surface area contributed by atoms with E-state index in [9.17, 15) is 9.59 Å². The normalized spacial score (nSPS) is 16.3. The summed E-state index contributed by atoms with van der Waals surface area (Å²) in [6, 6.07) is 0.963. The number of hydrogen-bond acceptors (Lipinski definition) is 5. The molecule has 0 aliphatic heterocycles. The van der Waals surface area contributed by atoms with Gasteiger partial charge in [0.2, 0.25) is 5.71 Å². The van der Waals surface area contributed by atoms with E-state index in [1.54, 1.807) is 13.0 Å². The molecule has 0 unspecified atom stereocenters. The maximum atomic E-state index is 11.5. The number of oxime groups is 1. The lowest BCUT2D eigenvalue weighted by atomic mass is 9.98. The number of hydrogen-bond donors (Lipinski definition) is 2. The van der Waals surface area contributed by atoms with Crippen LogP contribution in [0.1, 0.15) is 39.0 Å². The van der Waals surface area contributed by atoms with Crippen molar-refractivity contribution in [2.75, 3.05) is 6.54 Å². The van der Waals surface area contributed by atoms with Gasteiger partial charge in [0.1, 0.15) is 12.2 Å². The van der Waals surface area contributed by atoms with Crippen molar-refractivity contribution in [2.24, 2.45) is 5.16 Å². The summed E-state index contributed by atoms with van der Waals surface area (Å²) >= 11 is 0. The summed E-state index contributed by atoms with van der Waals surface area (Å²) in [5, 5.41) is 16.7. The fourth-order valence-corrected chi connectivity index (χ4v) is 1.78. The second kappa shape index (κ2) is 8.08. The Morgan fingerprint density at radius 2 is 2.05 bits per heavy atom. The molecule has 7 nitrogen and oxygen atoms in total. The van der Waals surface area contributed by atoms with Gasteiger partial charge in [0.05, 0.1) is 0 Å². The molecule has 0 aromatic carbocycles. The minimum absolute atomic E-state index is 0.0469. The molecular weight excluding hydrogens is 248 g/mol. The molecule has 19 heavy (non-hydrogen) atoms. The minimum atomic E-state index is -0.857. The van der Waals surface area contributed by atoms with E-state index in [4.69, 9.17) is 10.1 Å². The smallest absolute Gasteiger partial charge is 0.321 e. The van der Waals surface area contributed by atoms with Gasteiger partial charge in [0.25, 0.3) is 5.91 Å². The second-order valence-corrected chi connectivity index (χ2v) is 4.23. The molecule has 7 heteroatoms. The van der Waals surface area contributed by atoms with E-state index < -0.39 is 17.6 Å². The molecule has 1 aliphatic carbocycles. The first-order valence-electron chi connectivity index (χ1n) is 6.40. The SMILES string of the molecule is CCNC(=O)NC(=O)C(C#N)=NOC1CCCCC1. The predicted molar refractivity (Wildman–Crippen MR) is 68.2 cm³/mol. The van der Waals surface area contributed by atoms with Crippen molar-refractivity contribution in [1.29, 1.82) is 5.26 Å². The third-order valence-electron chi connectivity index (χ3n) is 2.73. The molecule has 0 saturated heterocycles. The van der Waals surface area contributed by atoms with Gasteiger partial charge in [-0.05, 0) is 32.6 Å². The van der Waals surface area contributed by atoms with Crippen molar-refractivity contribution in [3.8, 4) is 6.07 Å². The highest BCUT2D eigenvalue weighted by atomic mass is 16.6. The van der Waals surface area contributed by atoms with Crippen LogP contribution in [0.3, 0.4) is 0 Å². The summed E-state index contributed by atoms with van der Waals surface area (Å²) in [4.78, 5) is 27.8. The number of rotatable bonds is 4. The second-order valence-electron chi connectivity index (χ2n) is 4.23. The van der Waals surface area contributed by atoms with Gasteiger partial charge in [-0.15, -0.1) is 0 Å². The number of nitriles is 1. The number of carbonyl (C=O) groups is 2. The average Bonchev–Trinajstić information content (AvgIpc) is 2.40. The third-order valence-corrected chi connectivity index (χ3v) is 2.73. The van der Waals surface area contributed by atoms with Gasteiger partial charge >= 0.3 is 6.03 Å². The first kappa shape index (κ1) is 15.0. The van der Waals surface area contributed by atoms with Crippen LogP contribution in [0.15, 0.2) is 5.16 Å². The zero-order valence-corrected chi connectivity index (χ0v) is 10.9. The standard InChI is InChI=1S/C12H18N4O3/c1-2-14-12(18)15-11(17)10(8-13)16-19-9-6-4-3-5-7-9/h9H,2-7H2,1H3,(H2,14,15,17,18). The van der Waals surface area contributed by atoms with Crippen LogP contribution in [0.4, 0.5) is 4.79 Å². The molecule has 1 fully saturated rings. The molecule has 0 radical (unpaired) electrons. The summed E-state index contributed by atoms with van der Waals surface area (Å²) in [7, 11) is 0. The molecule has 0 heterocycles. The van der Waals surface area contributed by atoms with Crippen molar-refractivity contribution in [3.63, 3.8) is 0 Å². The first-order valence-corrected chi connectivity index (χ1v) is 6.40. The quantitative estimate of drug-likeness (QED) is 0.586. The summed E-state index contributed by atoms with van der Waals surface area (Å²) < 4.78 is 0. The Labute approximate surface area is 112 Å². The highest BCUT2D eigenvalue weighted by Crippen LogP contribution is 2.20. The molecule has 0 bridgehead atoms. The van der Waals surface area contributed by atoms with E-state index in [-0.39, 0.29) is 6.10 Å². The van der Waals surface area contributed by atoms with Crippen LogP contribution in [-0.4, -0.2) is 30.3 Å². The van der Waals surface area contributed by atoms with Crippen LogP contribution < -0.4 is 10.6 Å². The number of amides is 3. The van der Waals surface area contributed by atoms with E-state index in [1.807, 2.05) is 5.32 Å². The van der Waals surface area contributed by atoms with Gasteiger partial charge in [-0.2, -0.15) is 5.26 Å². The predicted octanol–water partition coefficient (Wildman–Crippen LogP) is 1.06. The molecular formula is C12H18N4O3. The summed E-state index contributed by atoms with van der Waals surface area (Å²) in [5.74, 6) is -0.857. The average molecular weight is 266 g/mol. The number of carbonyl (C=O) groups excluding carboxylic acids is 2. The molecule has 0 spiro atoms. The molecule has 0 aromatic heterocycles. The van der Waals surface area contributed by atoms with Crippen molar-refractivity contribution in [3.05, 3.63) is 0 Å². The van der Waals surface area contributed by atoms with Crippen LogP contribution in [0, 0.1) is 11.3 Å². The molecule has 2 N–H and O–H groups in total. The fraction of sp³-hybridized carbons (Fsp3) is 0.667. The number of urea groups is 1. The lowest BCUT2D eigenvalue weighted by molar-refractivity contribution is -0.114. The zero-order valence-electron chi connectivity index (χ0n) is 10.9. The molecule has 0 aromatic rings. The van der Waals surface area contributed by atoms with Gasteiger partial charge in [0.15, 0.2) is 0 Å². The number of imide groups is 1. The van der Waals surface area contributed by atoms with Crippen LogP contribution >= 0.6 is 0 Å². The van der Waals surface area contributed by atoms with Gasteiger partial charge < -0.3 is 10.2 Å². The van der Waals surface area contributed by atoms with Gasteiger partial charge in [-0.1, -0.05) is 11.6 Å². The largest absolute Gasteiger partial charge is 0.391 e. The molecule has 1 aliphatic rings. The van der Waals surface area contributed by atoms with E-state index in [0.29, 0.717) is 6.54 Å². The lowest BCUT2D eigenvalue weighted by Gasteiger charge is -2.19. The first-order chi connectivity index (χ1) is 9.17. The molecule has 1 saturated carbocycles. The van der Waals surface area contributed by atoms with Crippen molar-refractivity contribution in [2.45, 2.75) is 45.1 Å². The molecule has 0 atom stereocenters. The Hall–Kier alpha value is -2.10. The summed E-state index contributed by atoms with van der Waals surface area (Å²) in [5.41, 5.74) is -0.447. The van der Waals surface area contributed by atoms with Crippen molar-refractivity contribution < 1.29 is 14.4 Å². The third kappa shape index (κ3) is 5.38. The Balaban J connectivity index is 2.48. The fourth-order valence-electron chi connectivity index (χ4n) is 1.78. The summed E-state index contributed by atoms with van der Waals surface area (Å²) in [6.07, 6.45) is 5.00. The molecule has 1 rings (SSSR count). The topological polar surface area (TPSA) is 104 Å². The van der Waals surface area contributed by atoms with E-state index >= 15 is 0 Å². The van der Waals surface area contributed by atoms with Crippen LogP contribution in [0.5, 0.6) is 0 Å². The van der Waals surface area contributed by atoms with E-state index in [2.05, 4.69) is 10.5 Å². The highest BCUT2D eigenvalue weighted by molar-refractivity contribution is 6.46. The van der Waals surface area contributed by atoms with Gasteiger partial charge in [0, 0.05) is 6.54 Å². The van der Waals surface area contributed by atoms with Crippen LogP contribution in [0.25, 0.3) is 0 Å². The maximum absolute atomic E-state index is 11.5. The Morgan fingerprint density at radius 1 is 1.37 bits per heavy atom. The van der Waals surface area contributed by atoms with Gasteiger partial charge in [-0.25, -0.2) is 4.79 Å². The Bertz CT molecular complexity index is 394. The Kier molecular flexibility index (Phi) is 6.36. The highest BCUT2D eigenvalue weighted by Gasteiger charge is 2.18. The number of nitrogens with one attached hydrogen (secondary N) is 2. The van der Waals surface area contributed by atoms with Crippen LogP contribution in [0.2, 0.25) is 0 Å². The molecule has 3 amide bonds. The monoisotopic (exact) mass is 266 g/mol. The molecule has 104 valence electrons. The maximum Gasteiger partial charge on any atom is 0.321 e. The number of nitrogens with zero attached hydrogens (tertiary/aromatic N) is 2. The van der Waals surface area contributed by atoms with E-state index in [1.165, 1.54) is 6.42 Å². The van der Waals surface area contributed by atoms with E-state index in [0.717, 1.165) is 25.7 Å². The minimum Gasteiger partial charge on any atom is -0.391 e. The van der Waals surface area contributed by atoms with Gasteiger partial charge in [-0.3, -0.25) is 10.1 Å². The summed E-state index contributed by atoms with van der Waals surface area (Å²) in [6.45, 7) is 2.10. The zero-order chi connectivity index (χ0) is 14.1. The van der Waals surface area contributed by atoms with Crippen molar-refractivity contribution in [1.82, 2.24) is 10.6 Å².